The monoisotopic (exact) mass is 272 g/mol. The first kappa shape index (κ1) is 14.8. The van der Waals surface area contributed by atoms with Gasteiger partial charge in [0.15, 0.2) is 0 Å². The maximum Gasteiger partial charge on any atom is 0.0695 e. The SMILES string of the molecule is CCN(CC)CCNCc1cn[nH]c1-c1ccccc1. The molecule has 0 fully saturated rings. The van der Waals surface area contributed by atoms with E-state index in [0.717, 1.165) is 38.4 Å². The molecule has 4 heteroatoms. The highest BCUT2D eigenvalue weighted by atomic mass is 15.1. The van der Waals surface area contributed by atoms with E-state index in [1.807, 2.05) is 24.4 Å². The Balaban J connectivity index is 1.87. The zero-order chi connectivity index (χ0) is 14.2. The fraction of sp³-hybridized carbons (Fsp3) is 0.438. The third-order valence-corrected chi connectivity index (χ3v) is 3.60. The first-order chi connectivity index (χ1) is 9.85. The van der Waals surface area contributed by atoms with Crippen molar-refractivity contribution in [2.24, 2.45) is 0 Å². The van der Waals surface area contributed by atoms with Crippen LogP contribution in [-0.2, 0) is 6.54 Å². The van der Waals surface area contributed by atoms with Gasteiger partial charge in [0.05, 0.1) is 11.9 Å². The van der Waals surface area contributed by atoms with Crippen LogP contribution in [0.3, 0.4) is 0 Å². The van der Waals surface area contributed by atoms with Gasteiger partial charge in [0.25, 0.3) is 0 Å². The summed E-state index contributed by atoms with van der Waals surface area (Å²) in [5.74, 6) is 0. The third kappa shape index (κ3) is 3.92. The van der Waals surface area contributed by atoms with Gasteiger partial charge in [-0.05, 0) is 18.7 Å². The lowest BCUT2D eigenvalue weighted by Gasteiger charge is -2.17. The van der Waals surface area contributed by atoms with E-state index >= 15 is 0 Å². The molecule has 108 valence electrons. The highest BCUT2D eigenvalue weighted by Crippen LogP contribution is 2.20. The van der Waals surface area contributed by atoms with E-state index < -0.39 is 0 Å². The van der Waals surface area contributed by atoms with E-state index in [1.165, 1.54) is 11.1 Å². The van der Waals surface area contributed by atoms with Gasteiger partial charge in [-0.15, -0.1) is 0 Å². The zero-order valence-corrected chi connectivity index (χ0v) is 12.4. The lowest BCUT2D eigenvalue weighted by molar-refractivity contribution is 0.302. The Morgan fingerprint density at radius 3 is 2.60 bits per heavy atom. The highest BCUT2D eigenvalue weighted by Gasteiger charge is 2.06. The van der Waals surface area contributed by atoms with Crippen LogP contribution in [-0.4, -0.2) is 41.3 Å². The molecule has 0 amide bonds. The number of nitrogens with zero attached hydrogens (tertiary/aromatic N) is 2. The van der Waals surface area contributed by atoms with Crippen molar-refractivity contribution >= 4 is 0 Å². The molecule has 0 spiro atoms. The molecular weight excluding hydrogens is 248 g/mol. The number of aromatic nitrogens is 2. The summed E-state index contributed by atoms with van der Waals surface area (Å²) in [6.07, 6.45) is 1.91. The summed E-state index contributed by atoms with van der Waals surface area (Å²) >= 11 is 0. The van der Waals surface area contributed by atoms with Crippen LogP contribution in [0.1, 0.15) is 19.4 Å². The topological polar surface area (TPSA) is 44.0 Å². The molecule has 2 aromatic rings. The van der Waals surface area contributed by atoms with Crippen molar-refractivity contribution in [1.82, 2.24) is 20.4 Å². The Hall–Kier alpha value is -1.65. The second kappa shape index (κ2) is 7.82. The number of H-pyrrole nitrogens is 1. The quantitative estimate of drug-likeness (QED) is 0.726. The van der Waals surface area contributed by atoms with Crippen molar-refractivity contribution in [3.05, 3.63) is 42.1 Å². The summed E-state index contributed by atoms with van der Waals surface area (Å²) in [5, 5.41) is 10.8. The van der Waals surface area contributed by atoms with Gasteiger partial charge in [-0.2, -0.15) is 5.10 Å². The smallest absolute Gasteiger partial charge is 0.0695 e. The van der Waals surface area contributed by atoms with Crippen molar-refractivity contribution in [1.29, 1.82) is 0 Å². The van der Waals surface area contributed by atoms with Crippen LogP contribution in [0, 0.1) is 0 Å². The maximum atomic E-state index is 4.17. The lowest BCUT2D eigenvalue weighted by Crippen LogP contribution is -2.31. The van der Waals surface area contributed by atoms with E-state index in [2.05, 4.69) is 46.4 Å². The molecule has 0 atom stereocenters. The lowest BCUT2D eigenvalue weighted by atomic mass is 10.1. The van der Waals surface area contributed by atoms with Crippen molar-refractivity contribution in [3.63, 3.8) is 0 Å². The van der Waals surface area contributed by atoms with E-state index in [9.17, 15) is 0 Å². The molecule has 0 saturated carbocycles. The Morgan fingerprint density at radius 1 is 1.15 bits per heavy atom. The summed E-state index contributed by atoms with van der Waals surface area (Å²) in [6.45, 7) is 9.56. The molecule has 0 bridgehead atoms. The number of aromatic amines is 1. The molecule has 0 aliphatic carbocycles. The Labute approximate surface area is 121 Å². The molecule has 0 saturated heterocycles. The van der Waals surface area contributed by atoms with Gasteiger partial charge in [-0.1, -0.05) is 44.2 Å². The van der Waals surface area contributed by atoms with Crippen LogP contribution in [0.2, 0.25) is 0 Å². The fourth-order valence-corrected chi connectivity index (χ4v) is 2.30. The van der Waals surface area contributed by atoms with E-state index in [0.29, 0.717) is 0 Å². The summed E-state index contributed by atoms with van der Waals surface area (Å²) in [5.41, 5.74) is 3.52. The van der Waals surface area contributed by atoms with Gasteiger partial charge in [-0.25, -0.2) is 0 Å². The molecular formula is C16H24N4. The van der Waals surface area contributed by atoms with E-state index in [4.69, 9.17) is 0 Å². The molecule has 0 unspecified atom stereocenters. The van der Waals surface area contributed by atoms with Crippen LogP contribution in [0.4, 0.5) is 0 Å². The van der Waals surface area contributed by atoms with Crippen LogP contribution < -0.4 is 5.32 Å². The minimum Gasteiger partial charge on any atom is -0.311 e. The third-order valence-electron chi connectivity index (χ3n) is 3.60. The van der Waals surface area contributed by atoms with Crippen molar-refractivity contribution in [2.75, 3.05) is 26.2 Å². The van der Waals surface area contributed by atoms with Gasteiger partial charge in [0.2, 0.25) is 0 Å². The standard InChI is InChI=1S/C16H24N4/c1-3-20(4-2)11-10-17-12-15-13-18-19-16(15)14-8-6-5-7-9-14/h5-9,13,17H,3-4,10-12H2,1-2H3,(H,18,19). The molecule has 1 aromatic carbocycles. The van der Waals surface area contributed by atoms with Crippen LogP contribution in [0.15, 0.2) is 36.5 Å². The van der Waals surface area contributed by atoms with Crippen LogP contribution in [0.5, 0.6) is 0 Å². The summed E-state index contributed by atoms with van der Waals surface area (Å²) in [7, 11) is 0. The number of rotatable bonds is 8. The average Bonchev–Trinajstić information content (AvgIpc) is 2.97. The van der Waals surface area contributed by atoms with E-state index in [-0.39, 0.29) is 0 Å². The average molecular weight is 272 g/mol. The summed E-state index contributed by atoms with van der Waals surface area (Å²) in [4.78, 5) is 2.42. The molecule has 4 nitrogen and oxygen atoms in total. The van der Waals surface area contributed by atoms with Gasteiger partial charge < -0.3 is 10.2 Å². The number of hydrogen-bond acceptors (Lipinski definition) is 3. The fourth-order valence-electron chi connectivity index (χ4n) is 2.30. The molecule has 0 radical (unpaired) electrons. The Morgan fingerprint density at radius 2 is 1.90 bits per heavy atom. The van der Waals surface area contributed by atoms with Crippen LogP contribution >= 0.6 is 0 Å². The second-order valence-electron chi connectivity index (χ2n) is 4.84. The number of nitrogens with one attached hydrogen (secondary N) is 2. The van der Waals surface area contributed by atoms with Gasteiger partial charge in [-0.3, -0.25) is 5.10 Å². The Bertz CT molecular complexity index is 488. The number of benzene rings is 1. The molecule has 0 aliphatic rings. The minimum atomic E-state index is 0.849. The summed E-state index contributed by atoms with van der Waals surface area (Å²) < 4.78 is 0. The van der Waals surface area contributed by atoms with Crippen molar-refractivity contribution in [3.8, 4) is 11.3 Å². The predicted octanol–water partition coefficient (Wildman–Crippen LogP) is 2.51. The highest BCUT2D eigenvalue weighted by molar-refractivity contribution is 5.62. The first-order valence-electron chi connectivity index (χ1n) is 7.35. The molecule has 2 N–H and O–H groups in total. The first-order valence-corrected chi connectivity index (χ1v) is 7.35. The molecule has 1 aromatic heterocycles. The number of likely N-dealkylation sites (N-methyl/N-ethyl adjacent to an activating group) is 1. The maximum absolute atomic E-state index is 4.17. The largest absolute Gasteiger partial charge is 0.311 e. The molecule has 1 heterocycles. The normalized spacial score (nSPS) is 11.2. The van der Waals surface area contributed by atoms with Crippen LogP contribution in [0.25, 0.3) is 11.3 Å². The molecule has 0 aliphatic heterocycles. The minimum absolute atomic E-state index is 0.849. The van der Waals surface area contributed by atoms with Gasteiger partial charge >= 0.3 is 0 Å². The number of hydrogen-bond donors (Lipinski definition) is 2. The zero-order valence-electron chi connectivity index (χ0n) is 12.4. The van der Waals surface area contributed by atoms with Crippen molar-refractivity contribution < 1.29 is 0 Å². The van der Waals surface area contributed by atoms with Gasteiger partial charge in [0.1, 0.15) is 0 Å². The molecule has 2 rings (SSSR count). The van der Waals surface area contributed by atoms with E-state index in [1.54, 1.807) is 0 Å². The summed E-state index contributed by atoms with van der Waals surface area (Å²) in [6, 6.07) is 10.3. The van der Waals surface area contributed by atoms with Crippen molar-refractivity contribution in [2.45, 2.75) is 20.4 Å². The molecule has 20 heavy (non-hydrogen) atoms. The predicted molar refractivity (Wildman–Crippen MR) is 83.5 cm³/mol. The Kier molecular flexibility index (Phi) is 5.77. The second-order valence-corrected chi connectivity index (χ2v) is 4.84. The van der Waals surface area contributed by atoms with Gasteiger partial charge in [0, 0.05) is 25.2 Å².